The molecule has 8 nitrogen and oxygen atoms in total. The molecule has 0 aromatic heterocycles. The minimum atomic E-state index is -1.52. The normalized spacial score (nSPS) is 26.4. The number of aliphatic hydroxyl groups is 1. The van der Waals surface area contributed by atoms with Gasteiger partial charge in [0.1, 0.15) is 0 Å². The Bertz CT molecular complexity index is 591. The number of hydrogen-bond donors (Lipinski definition) is 1. The second-order valence-electron chi connectivity index (χ2n) is 10.2. The molecule has 0 radical (unpaired) electrons. The Morgan fingerprint density at radius 2 is 1.07 bits per heavy atom. The monoisotopic (exact) mass is 402 g/mol. The zero-order valence-corrected chi connectivity index (χ0v) is 18.3. The van der Waals surface area contributed by atoms with Crippen LogP contribution >= 0.6 is 0 Å². The molecule has 1 rings (SSSR count). The Hall–Kier alpha value is -1.67. The van der Waals surface area contributed by atoms with E-state index >= 15 is 0 Å². The number of ether oxygens (including phenoxy) is 4. The molecule has 1 saturated heterocycles. The smallest absolute Gasteiger partial charge is 0.311 e. The van der Waals surface area contributed by atoms with Gasteiger partial charge in [-0.3, -0.25) is 14.4 Å². The number of hydrogen-bond acceptors (Lipinski definition) is 8. The van der Waals surface area contributed by atoms with Crippen LogP contribution in [0.3, 0.4) is 0 Å². The minimum absolute atomic E-state index is 0.200. The molecule has 1 N–H and O–H groups in total. The van der Waals surface area contributed by atoms with Crippen LogP contribution in [0.15, 0.2) is 0 Å². The first-order chi connectivity index (χ1) is 12.4. The van der Waals surface area contributed by atoms with Gasteiger partial charge in [0.15, 0.2) is 24.6 Å². The van der Waals surface area contributed by atoms with Crippen molar-refractivity contribution < 1.29 is 38.4 Å². The lowest BCUT2D eigenvalue weighted by atomic mass is 9.95. The summed E-state index contributed by atoms with van der Waals surface area (Å²) in [4.78, 5) is 37.2. The minimum Gasteiger partial charge on any atom is -0.455 e. The molecule has 1 heterocycles. The number of carbonyl (C=O) groups is 3. The zero-order chi connectivity index (χ0) is 22.1. The van der Waals surface area contributed by atoms with Crippen molar-refractivity contribution in [2.75, 3.05) is 6.61 Å². The van der Waals surface area contributed by atoms with Crippen LogP contribution in [0.25, 0.3) is 0 Å². The Morgan fingerprint density at radius 1 is 0.714 bits per heavy atom. The van der Waals surface area contributed by atoms with E-state index < -0.39 is 58.8 Å². The van der Waals surface area contributed by atoms with Gasteiger partial charge in [0, 0.05) is 0 Å². The topological polar surface area (TPSA) is 108 Å². The standard InChI is InChI=1S/C20H34O8/c1-18(2,3)15(22)26-11-10-25-14(21)13(28-17(24)20(7,8)9)12(11)27-16(23)19(4,5)6/h11-14,21H,10H2,1-9H3/t11-,12-,13+,14+/m1/s1. The molecule has 0 unspecified atom stereocenters. The highest BCUT2D eigenvalue weighted by molar-refractivity contribution is 5.77. The quantitative estimate of drug-likeness (QED) is 0.565. The van der Waals surface area contributed by atoms with E-state index in [4.69, 9.17) is 18.9 Å². The lowest BCUT2D eigenvalue weighted by molar-refractivity contribution is -0.273. The maximum Gasteiger partial charge on any atom is 0.311 e. The van der Waals surface area contributed by atoms with E-state index in [0.29, 0.717) is 0 Å². The zero-order valence-electron chi connectivity index (χ0n) is 18.3. The van der Waals surface area contributed by atoms with Crippen molar-refractivity contribution in [2.24, 2.45) is 16.2 Å². The highest BCUT2D eigenvalue weighted by Crippen LogP contribution is 2.29. The van der Waals surface area contributed by atoms with Crippen molar-refractivity contribution in [3.63, 3.8) is 0 Å². The van der Waals surface area contributed by atoms with Crippen molar-refractivity contribution >= 4 is 17.9 Å². The molecule has 0 aliphatic carbocycles. The van der Waals surface area contributed by atoms with E-state index in [1.54, 1.807) is 62.3 Å². The summed E-state index contributed by atoms with van der Waals surface area (Å²) < 4.78 is 21.7. The van der Waals surface area contributed by atoms with Crippen molar-refractivity contribution in [2.45, 2.75) is 86.9 Å². The molecular formula is C20H34O8. The second-order valence-corrected chi connectivity index (χ2v) is 10.2. The lowest BCUT2D eigenvalue weighted by Crippen LogP contribution is -2.59. The van der Waals surface area contributed by atoms with Crippen LogP contribution < -0.4 is 0 Å². The summed E-state index contributed by atoms with van der Waals surface area (Å²) in [5.41, 5.74) is -2.50. The first-order valence-electron chi connectivity index (χ1n) is 9.37. The average Bonchev–Trinajstić information content (AvgIpc) is 2.49. The van der Waals surface area contributed by atoms with Crippen molar-refractivity contribution in [1.82, 2.24) is 0 Å². The van der Waals surface area contributed by atoms with Crippen molar-refractivity contribution in [3.05, 3.63) is 0 Å². The fourth-order valence-corrected chi connectivity index (χ4v) is 2.04. The fourth-order valence-electron chi connectivity index (χ4n) is 2.04. The third kappa shape index (κ3) is 6.44. The fraction of sp³-hybridized carbons (Fsp3) is 0.850. The third-order valence-corrected chi connectivity index (χ3v) is 3.98. The van der Waals surface area contributed by atoms with E-state index in [9.17, 15) is 19.5 Å². The highest BCUT2D eigenvalue weighted by atomic mass is 16.7. The van der Waals surface area contributed by atoms with Gasteiger partial charge in [0.05, 0.1) is 22.9 Å². The van der Waals surface area contributed by atoms with E-state index in [1.165, 1.54) is 0 Å². The number of rotatable bonds is 3. The second kappa shape index (κ2) is 8.37. The number of aliphatic hydroxyl groups excluding tert-OH is 1. The summed E-state index contributed by atoms with van der Waals surface area (Å²) >= 11 is 0. The molecule has 0 spiro atoms. The molecule has 4 atom stereocenters. The van der Waals surface area contributed by atoms with Gasteiger partial charge in [-0.2, -0.15) is 0 Å². The van der Waals surface area contributed by atoms with Gasteiger partial charge in [0.2, 0.25) is 0 Å². The van der Waals surface area contributed by atoms with Gasteiger partial charge in [-0.05, 0) is 62.3 Å². The molecule has 28 heavy (non-hydrogen) atoms. The maximum atomic E-state index is 12.5. The number of esters is 3. The summed E-state index contributed by atoms with van der Waals surface area (Å²) in [5, 5.41) is 10.3. The van der Waals surface area contributed by atoms with Crippen LogP contribution in [0.1, 0.15) is 62.3 Å². The Labute approximate surface area is 166 Å². The largest absolute Gasteiger partial charge is 0.455 e. The first-order valence-corrected chi connectivity index (χ1v) is 9.37. The molecule has 1 fully saturated rings. The van der Waals surface area contributed by atoms with Gasteiger partial charge in [-0.1, -0.05) is 0 Å². The third-order valence-electron chi connectivity index (χ3n) is 3.98. The molecule has 0 saturated carbocycles. The van der Waals surface area contributed by atoms with E-state index in [2.05, 4.69) is 0 Å². The SMILES string of the molecule is CC(C)(C)C(=O)O[C@H]1[C@H](OC(=O)C(C)(C)C)[C@H](OC(=O)C(C)(C)C)CO[C@@H]1O. The molecule has 162 valence electrons. The van der Waals surface area contributed by atoms with Crippen LogP contribution in [0, 0.1) is 16.2 Å². The van der Waals surface area contributed by atoms with Crippen LogP contribution in [0.4, 0.5) is 0 Å². The number of carbonyl (C=O) groups excluding carboxylic acids is 3. The summed E-state index contributed by atoms with van der Waals surface area (Å²) in [6.07, 6.45) is -5.08. The summed E-state index contributed by atoms with van der Waals surface area (Å²) in [7, 11) is 0. The van der Waals surface area contributed by atoms with Crippen LogP contribution in [0.2, 0.25) is 0 Å². The molecule has 0 amide bonds. The maximum absolute atomic E-state index is 12.5. The van der Waals surface area contributed by atoms with E-state index in [0.717, 1.165) is 0 Å². The Morgan fingerprint density at radius 3 is 1.46 bits per heavy atom. The lowest BCUT2D eigenvalue weighted by Gasteiger charge is -2.41. The Balaban J connectivity index is 3.18. The van der Waals surface area contributed by atoms with Gasteiger partial charge in [-0.25, -0.2) is 0 Å². The van der Waals surface area contributed by atoms with Gasteiger partial charge in [0.25, 0.3) is 0 Å². The van der Waals surface area contributed by atoms with Crippen molar-refractivity contribution in [1.29, 1.82) is 0 Å². The van der Waals surface area contributed by atoms with Crippen LogP contribution in [-0.2, 0) is 33.3 Å². The van der Waals surface area contributed by atoms with Crippen molar-refractivity contribution in [3.8, 4) is 0 Å². The predicted octanol–water partition coefficient (Wildman–Crippen LogP) is 2.21. The molecule has 0 aromatic carbocycles. The molecule has 0 bridgehead atoms. The predicted molar refractivity (Wildman–Crippen MR) is 100.0 cm³/mol. The molecular weight excluding hydrogens is 368 g/mol. The summed E-state index contributed by atoms with van der Waals surface area (Å²) in [6.45, 7) is 14.8. The molecule has 0 aromatic rings. The molecule has 8 heteroatoms. The molecule has 1 aliphatic rings. The van der Waals surface area contributed by atoms with Gasteiger partial charge < -0.3 is 24.1 Å². The van der Waals surface area contributed by atoms with Gasteiger partial charge >= 0.3 is 17.9 Å². The highest BCUT2D eigenvalue weighted by Gasteiger charge is 2.49. The van der Waals surface area contributed by atoms with E-state index in [1.807, 2.05) is 0 Å². The molecule has 1 aliphatic heterocycles. The Kier molecular flexibility index (Phi) is 7.28. The summed E-state index contributed by atoms with van der Waals surface area (Å²) in [6, 6.07) is 0. The van der Waals surface area contributed by atoms with Crippen LogP contribution in [0.5, 0.6) is 0 Å². The average molecular weight is 402 g/mol. The summed E-state index contributed by atoms with van der Waals surface area (Å²) in [5.74, 6) is -1.73. The van der Waals surface area contributed by atoms with E-state index in [-0.39, 0.29) is 6.61 Å². The first kappa shape index (κ1) is 24.4. The van der Waals surface area contributed by atoms with Gasteiger partial charge in [-0.15, -0.1) is 0 Å². The van der Waals surface area contributed by atoms with Crippen LogP contribution in [-0.4, -0.2) is 54.2 Å².